The normalized spacial score (nSPS) is 22.3. The highest BCUT2D eigenvalue weighted by molar-refractivity contribution is 9.10. The number of aliphatic imine (C=N–C) groups is 1. The second kappa shape index (κ2) is 5.44. The monoisotopic (exact) mass is 334 g/mol. The number of isocyanates is 1. The van der Waals surface area contributed by atoms with Crippen LogP contribution in [0.2, 0.25) is 0 Å². The van der Waals surface area contributed by atoms with E-state index in [4.69, 9.17) is 0 Å². The molecule has 0 spiro atoms. The molecule has 20 heavy (non-hydrogen) atoms. The van der Waals surface area contributed by atoms with Crippen LogP contribution in [0.1, 0.15) is 42.7 Å². The molecule has 0 bridgehead atoms. The van der Waals surface area contributed by atoms with Crippen LogP contribution in [0.3, 0.4) is 0 Å². The van der Waals surface area contributed by atoms with Gasteiger partial charge in [0.15, 0.2) is 0 Å². The highest BCUT2D eigenvalue weighted by Crippen LogP contribution is 2.44. The zero-order valence-corrected chi connectivity index (χ0v) is 13.3. The topological polar surface area (TPSA) is 32.7 Å². The molecule has 0 atom stereocenters. The summed E-state index contributed by atoms with van der Waals surface area (Å²) in [5.74, 6) is 0.623. The van der Waals surface area contributed by atoms with E-state index in [0.717, 1.165) is 48.8 Å². The van der Waals surface area contributed by atoms with Gasteiger partial charge in [0.2, 0.25) is 6.08 Å². The molecule has 1 aliphatic heterocycles. The summed E-state index contributed by atoms with van der Waals surface area (Å²) in [5, 5.41) is 0. The molecule has 4 heteroatoms. The van der Waals surface area contributed by atoms with E-state index >= 15 is 0 Å². The predicted octanol–water partition coefficient (Wildman–Crippen LogP) is 3.58. The van der Waals surface area contributed by atoms with E-state index < -0.39 is 0 Å². The third-order valence-corrected chi connectivity index (χ3v) is 5.42. The van der Waals surface area contributed by atoms with Gasteiger partial charge in [0.25, 0.3) is 0 Å². The molecule has 1 aromatic carbocycles. The Hall–Kier alpha value is -0.960. The Labute approximate surface area is 128 Å². The third kappa shape index (κ3) is 2.37. The van der Waals surface area contributed by atoms with Gasteiger partial charge in [-0.1, -0.05) is 40.9 Å². The Morgan fingerprint density at radius 2 is 2.05 bits per heavy atom. The van der Waals surface area contributed by atoms with Gasteiger partial charge in [0.05, 0.1) is 5.54 Å². The summed E-state index contributed by atoms with van der Waals surface area (Å²) < 4.78 is 1.15. The molecule has 1 saturated carbocycles. The molecule has 0 N–H and O–H groups in total. The Bertz CT molecular complexity index is 554. The molecule has 1 saturated heterocycles. The van der Waals surface area contributed by atoms with Crippen molar-refractivity contribution in [3.05, 3.63) is 33.8 Å². The lowest BCUT2D eigenvalue weighted by atomic mass is 9.85. The number of halogens is 1. The number of likely N-dealkylation sites (N-methyl/N-ethyl adjacent to an activating group) is 1. The van der Waals surface area contributed by atoms with Crippen molar-refractivity contribution < 1.29 is 4.79 Å². The second-order valence-corrected chi connectivity index (χ2v) is 6.95. The van der Waals surface area contributed by atoms with Crippen LogP contribution in [0.4, 0.5) is 0 Å². The van der Waals surface area contributed by atoms with Crippen LogP contribution < -0.4 is 0 Å². The van der Waals surface area contributed by atoms with E-state index in [0.29, 0.717) is 5.92 Å². The molecule has 0 radical (unpaired) electrons. The summed E-state index contributed by atoms with van der Waals surface area (Å²) in [4.78, 5) is 17.3. The van der Waals surface area contributed by atoms with Gasteiger partial charge in [-0.3, -0.25) is 0 Å². The van der Waals surface area contributed by atoms with Crippen molar-refractivity contribution in [2.24, 2.45) is 4.99 Å². The molecule has 3 nitrogen and oxygen atoms in total. The summed E-state index contributed by atoms with van der Waals surface area (Å²) in [7, 11) is 2.14. The highest BCUT2D eigenvalue weighted by Gasteiger charge is 2.36. The molecule has 0 aromatic heterocycles. The van der Waals surface area contributed by atoms with Crippen molar-refractivity contribution in [2.45, 2.75) is 37.1 Å². The van der Waals surface area contributed by atoms with E-state index in [9.17, 15) is 4.79 Å². The van der Waals surface area contributed by atoms with Crippen LogP contribution in [0, 0.1) is 0 Å². The van der Waals surface area contributed by atoms with E-state index in [2.05, 4.69) is 51.1 Å². The SMILES string of the molecule is CN1CC(c2ccc(C3(N=C=O)CCCC3)cc2Br)C1. The van der Waals surface area contributed by atoms with Crippen molar-refractivity contribution in [1.29, 1.82) is 0 Å². The lowest BCUT2D eigenvalue weighted by Gasteiger charge is -2.37. The largest absolute Gasteiger partial charge is 0.305 e. The molecule has 2 aliphatic rings. The third-order valence-electron chi connectivity index (χ3n) is 4.73. The van der Waals surface area contributed by atoms with Gasteiger partial charge in [-0.25, -0.2) is 4.79 Å². The van der Waals surface area contributed by atoms with E-state index in [1.54, 1.807) is 6.08 Å². The van der Waals surface area contributed by atoms with Crippen molar-refractivity contribution >= 4 is 22.0 Å². The first-order chi connectivity index (χ1) is 9.64. The number of hydrogen-bond acceptors (Lipinski definition) is 3. The summed E-state index contributed by atoms with van der Waals surface area (Å²) in [6.45, 7) is 2.24. The number of likely N-dealkylation sites (tertiary alicyclic amines) is 1. The maximum Gasteiger partial charge on any atom is 0.235 e. The van der Waals surface area contributed by atoms with Crippen molar-refractivity contribution in [3.8, 4) is 0 Å². The molecule has 0 amide bonds. The minimum atomic E-state index is -0.320. The first-order valence-corrected chi connectivity index (χ1v) is 8.01. The zero-order valence-electron chi connectivity index (χ0n) is 11.7. The van der Waals surface area contributed by atoms with Gasteiger partial charge >= 0.3 is 0 Å². The molecule has 3 rings (SSSR count). The zero-order chi connectivity index (χ0) is 14.2. The molecular weight excluding hydrogens is 316 g/mol. The standard InChI is InChI=1S/C16H19BrN2O/c1-19-9-12(10-19)14-5-4-13(8-15(14)17)16(18-11-20)6-2-3-7-16/h4-5,8,12H,2-3,6-7,9-10H2,1H3. The molecule has 2 fully saturated rings. The van der Waals surface area contributed by atoms with E-state index in [1.165, 1.54) is 5.56 Å². The Balaban J connectivity index is 1.91. The smallest absolute Gasteiger partial charge is 0.235 e. The Kier molecular flexibility index (Phi) is 3.80. The van der Waals surface area contributed by atoms with Crippen molar-refractivity contribution in [3.63, 3.8) is 0 Å². The Morgan fingerprint density at radius 1 is 1.35 bits per heavy atom. The van der Waals surface area contributed by atoms with Crippen molar-refractivity contribution in [2.75, 3.05) is 20.1 Å². The fourth-order valence-electron chi connectivity index (χ4n) is 3.56. The summed E-state index contributed by atoms with van der Waals surface area (Å²) in [5.41, 5.74) is 2.20. The first-order valence-electron chi connectivity index (χ1n) is 7.22. The van der Waals surface area contributed by atoms with Crippen LogP contribution in [-0.2, 0) is 10.3 Å². The van der Waals surface area contributed by atoms with Crippen LogP contribution in [0.25, 0.3) is 0 Å². The average Bonchev–Trinajstić information content (AvgIpc) is 2.86. The minimum absolute atomic E-state index is 0.320. The van der Waals surface area contributed by atoms with Gasteiger partial charge in [-0.15, -0.1) is 0 Å². The molecule has 1 heterocycles. The number of benzene rings is 1. The predicted molar refractivity (Wildman–Crippen MR) is 82.6 cm³/mol. The molecule has 1 aliphatic carbocycles. The van der Waals surface area contributed by atoms with E-state index in [1.807, 2.05) is 0 Å². The summed E-state index contributed by atoms with van der Waals surface area (Å²) >= 11 is 3.71. The quantitative estimate of drug-likeness (QED) is 0.625. The molecule has 1 aromatic rings. The number of nitrogens with zero attached hydrogens (tertiary/aromatic N) is 2. The van der Waals surface area contributed by atoms with Crippen molar-refractivity contribution in [1.82, 2.24) is 4.90 Å². The average molecular weight is 335 g/mol. The second-order valence-electron chi connectivity index (χ2n) is 6.10. The van der Waals surface area contributed by atoms with Crippen LogP contribution >= 0.6 is 15.9 Å². The number of hydrogen-bond donors (Lipinski definition) is 0. The lowest BCUT2D eigenvalue weighted by Crippen LogP contribution is -2.41. The van der Waals surface area contributed by atoms with Gasteiger partial charge in [-0.05, 0) is 37.1 Å². The number of carbonyl (C=O) groups excluding carboxylic acids is 1. The summed E-state index contributed by atoms with van der Waals surface area (Å²) in [6, 6.07) is 6.53. The highest BCUT2D eigenvalue weighted by atomic mass is 79.9. The maximum absolute atomic E-state index is 10.8. The van der Waals surface area contributed by atoms with Gasteiger partial charge < -0.3 is 4.90 Å². The minimum Gasteiger partial charge on any atom is -0.305 e. The van der Waals surface area contributed by atoms with E-state index in [-0.39, 0.29) is 5.54 Å². The van der Waals surface area contributed by atoms with Gasteiger partial charge in [0, 0.05) is 23.5 Å². The maximum atomic E-state index is 10.8. The van der Waals surface area contributed by atoms with Crippen LogP contribution in [0.5, 0.6) is 0 Å². The fourth-order valence-corrected chi connectivity index (χ4v) is 4.26. The van der Waals surface area contributed by atoms with Gasteiger partial charge in [0.1, 0.15) is 0 Å². The molecular formula is C16H19BrN2O. The van der Waals surface area contributed by atoms with Gasteiger partial charge in [-0.2, -0.15) is 4.99 Å². The molecule has 0 unspecified atom stereocenters. The van der Waals surface area contributed by atoms with Crippen LogP contribution in [-0.4, -0.2) is 31.1 Å². The Morgan fingerprint density at radius 3 is 2.60 bits per heavy atom. The summed E-state index contributed by atoms with van der Waals surface area (Å²) in [6.07, 6.45) is 5.98. The fraction of sp³-hybridized carbons (Fsp3) is 0.562. The van der Waals surface area contributed by atoms with Crippen LogP contribution in [0.15, 0.2) is 27.7 Å². The lowest BCUT2D eigenvalue weighted by molar-refractivity contribution is 0.189. The number of rotatable bonds is 3. The first kappa shape index (κ1) is 14.0. The molecule has 106 valence electrons.